The van der Waals surface area contributed by atoms with Gasteiger partial charge in [-0.1, -0.05) is 12.1 Å². The lowest BCUT2D eigenvalue weighted by atomic mass is 10.1. The fourth-order valence-corrected chi connectivity index (χ4v) is 4.78. The van der Waals surface area contributed by atoms with Crippen LogP contribution < -0.4 is 9.47 Å². The normalized spacial score (nSPS) is 14.1. The predicted molar refractivity (Wildman–Crippen MR) is 100 cm³/mol. The van der Waals surface area contributed by atoms with Crippen LogP contribution in [-0.4, -0.2) is 37.1 Å². The van der Waals surface area contributed by atoms with Crippen molar-refractivity contribution in [2.24, 2.45) is 0 Å². The van der Waals surface area contributed by atoms with Gasteiger partial charge in [0, 0.05) is 24.8 Å². The van der Waals surface area contributed by atoms with Crippen LogP contribution >= 0.6 is 0 Å². The van der Waals surface area contributed by atoms with E-state index < -0.39 is 10.0 Å². The van der Waals surface area contributed by atoms with Crippen molar-refractivity contribution < 1.29 is 17.9 Å². The van der Waals surface area contributed by atoms with E-state index in [2.05, 4.69) is 10.2 Å². The largest absolute Gasteiger partial charge is 0.497 e. The summed E-state index contributed by atoms with van der Waals surface area (Å²) in [6.07, 6.45) is 3.42. The molecule has 0 aliphatic carbocycles. The monoisotopic (exact) mass is 385 g/mol. The molecule has 0 saturated heterocycles. The molecule has 0 unspecified atom stereocenters. The molecule has 2 heterocycles. The molecule has 0 bridgehead atoms. The van der Waals surface area contributed by atoms with E-state index in [0.717, 1.165) is 28.0 Å². The molecule has 8 heteroatoms. The Morgan fingerprint density at radius 3 is 2.52 bits per heavy atom. The molecule has 1 aromatic heterocycles. The van der Waals surface area contributed by atoms with Gasteiger partial charge in [-0.05, 0) is 41.0 Å². The minimum Gasteiger partial charge on any atom is -0.497 e. The lowest BCUT2D eigenvalue weighted by Crippen LogP contribution is -2.26. The number of rotatable bonds is 5. The van der Waals surface area contributed by atoms with Crippen molar-refractivity contribution in [3.05, 3.63) is 59.9 Å². The molecule has 0 amide bonds. The standard InChI is InChI=1S/C19H19N3O4S/c1-25-17-5-3-14-11-22(12-15(14)7-17)27(23,24)19-6-4-13(8-18(19)26-2)16-9-20-21-10-16/h3-10H,11-12H2,1-2H3,(H,20,21). The molecule has 0 atom stereocenters. The molecule has 27 heavy (non-hydrogen) atoms. The fourth-order valence-electron chi connectivity index (χ4n) is 3.24. The SMILES string of the molecule is COc1ccc2c(c1)CN(S(=O)(=O)c1ccc(-c3cn[nH]c3)cc1OC)C2. The summed E-state index contributed by atoms with van der Waals surface area (Å²) in [7, 11) is -0.646. The van der Waals surface area contributed by atoms with Crippen LogP contribution in [0.1, 0.15) is 11.1 Å². The molecule has 140 valence electrons. The Labute approximate surface area is 157 Å². The fraction of sp³-hybridized carbons (Fsp3) is 0.211. The topological polar surface area (TPSA) is 84.5 Å². The predicted octanol–water partition coefficient (Wildman–Crippen LogP) is 2.80. The van der Waals surface area contributed by atoms with Crippen LogP contribution in [0, 0.1) is 0 Å². The number of H-pyrrole nitrogens is 1. The molecule has 0 fully saturated rings. The van der Waals surface area contributed by atoms with Crippen LogP contribution in [0.2, 0.25) is 0 Å². The maximum atomic E-state index is 13.2. The number of hydrogen-bond donors (Lipinski definition) is 1. The number of aromatic amines is 1. The van der Waals surface area contributed by atoms with Gasteiger partial charge >= 0.3 is 0 Å². The van der Waals surface area contributed by atoms with Crippen molar-refractivity contribution in [3.63, 3.8) is 0 Å². The van der Waals surface area contributed by atoms with Crippen LogP contribution in [0.3, 0.4) is 0 Å². The molecule has 7 nitrogen and oxygen atoms in total. The van der Waals surface area contributed by atoms with Crippen LogP contribution in [0.4, 0.5) is 0 Å². The van der Waals surface area contributed by atoms with E-state index in [1.165, 1.54) is 11.4 Å². The molecule has 4 rings (SSSR count). The summed E-state index contributed by atoms with van der Waals surface area (Å²) >= 11 is 0. The summed E-state index contributed by atoms with van der Waals surface area (Å²) in [4.78, 5) is 0.150. The van der Waals surface area contributed by atoms with Crippen molar-refractivity contribution in [2.75, 3.05) is 14.2 Å². The lowest BCUT2D eigenvalue weighted by molar-refractivity contribution is 0.393. The van der Waals surface area contributed by atoms with Crippen molar-refractivity contribution in [2.45, 2.75) is 18.0 Å². The van der Waals surface area contributed by atoms with Gasteiger partial charge in [-0.25, -0.2) is 8.42 Å². The second-order valence-corrected chi connectivity index (χ2v) is 8.17. The summed E-state index contributed by atoms with van der Waals surface area (Å²) in [5.41, 5.74) is 3.62. The molecular formula is C19H19N3O4S. The average molecular weight is 385 g/mol. The molecule has 0 saturated carbocycles. The first-order valence-electron chi connectivity index (χ1n) is 8.36. The van der Waals surface area contributed by atoms with Crippen molar-refractivity contribution in [1.29, 1.82) is 0 Å². The zero-order chi connectivity index (χ0) is 19.0. The zero-order valence-electron chi connectivity index (χ0n) is 15.0. The summed E-state index contributed by atoms with van der Waals surface area (Å²) in [5.74, 6) is 1.03. The van der Waals surface area contributed by atoms with Gasteiger partial charge < -0.3 is 9.47 Å². The molecule has 1 N–H and O–H groups in total. The second kappa shape index (κ2) is 6.71. The van der Waals surface area contributed by atoms with Gasteiger partial charge in [0.1, 0.15) is 16.4 Å². The highest BCUT2D eigenvalue weighted by atomic mass is 32.2. The van der Waals surface area contributed by atoms with Crippen molar-refractivity contribution in [3.8, 4) is 22.6 Å². The molecule has 3 aromatic rings. The highest BCUT2D eigenvalue weighted by molar-refractivity contribution is 7.89. The average Bonchev–Trinajstić information content (AvgIpc) is 3.36. The minimum atomic E-state index is -3.71. The molecular weight excluding hydrogens is 366 g/mol. The van der Waals surface area contributed by atoms with Gasteiger partial charge in [0.05, 0.1) is 20.4 Å². The van der Waals surface area contributed by atoms with E-state index in [4.69, 9.17) is 9.47 Å². The van der Waals surface area contributed by atoms with Gasteiger partial charge in [-0.3, -0.25) is 5.10 Å². The first kappa shape index (κ1) is 17.6. The van der Waals surface area contributed by atoms with E-state index in [9.17, 15) is 8.42 Å². The number of benzene rings is 2. The number of hydrogen-bond acceptors (Lipinski definition) is 5. The van der Waals surface area contributed by atoms with E-state index in [1.807, 2.05) is 18.2 Å². The maximum absolute atomic E-state index is 13.2. The van der Waals surface area contributed by atoms with Crippen LogP contribution in [0.15, 0.2) is 53.7 Å². The number of nitrogens with zero attached hydrogens (tertiary/aromatic N) is 2. The molecule has 0 spiro atoms. The first-order valence-corrected chi connectivity index (χ1v) is 9.80. The first-order chi connectivity index (χ1) is 13.0. The lowest BCUT2D eigenvalue weighted by Gasteiger charge is -2.18. The third-order valence-electron chi connectivity index (χ3n) is 4.72. The molecule has 1 aliphatic rings. The van der Waals surface area contributed by atoms with Gasteiger partial charge in [0.15, 0.2) is 0 Å². The van der Waals surface area contributed by atoms with Crippen molar-refractivity contribution >= 4 is 10.0 Å². The second-order valence-electron chi connectivity index (χ2n) is 6.26. The number of fused-ring (bicyclic) bond motifs is 1. The number of nitrogens with one attached hydrogen (secondary N) is 1. The zero-order valence-corrected chi connectivity index (χ0v) is 15.8. The van der Waals surface area contributed by atoms with Gasteiger partial charge in [0.2, 0.25) is 10.0 Å². The third kappa shape index (κ3) is 3.07. The van der Waals surface area contributed by atoms with E-state index >= 15 is 0 Å². The Hall–Kier alpha value is -2.84. The molecule has 0 radical (unpaired) electrons. The third-order valence-corrected chi connectivity index (χ3v) is 6.55. The quantitative estimate of drug-likeness (QED) is 0.730. The number of sulfonamides is 1. The molecule has 1 aliphatic heterocycles. The van der Waals surface area contributed by atoms with Crippen LogP contribution in [-0.2, 0) is 23.1 Å². The van der Waals surface area contributed by atoms with E-state index in [-0.39, 0.29) is 4.90 Å². The van der Waals surface area contributed by atoms with Gasteiger partial charge in [-0.2, -0.15) is 9.40 Å². The maximum Gasteiger partial charge on any atom is 0.247 e. The summed E-state index contributed by atoms with van der Waals surface area (Å²) < 4.78 is 38.5. The van der Waals surface area contributed by atoms with Crippen molar-refractivity contribution in [1.82, 2.24) is 14.5 Å². The summed E-state index contributed by atoms with van der Waals surface area (Å²) in [5, 5.41) is 6.67. The number of methoxy groups -OCH3 is 2. The Morgan fingerprint density at radius 2 is 1.81 bits per heavy atom. The Morgan fingerprint density at radius 1 is 1.00 bits per heavy atom. The smallest absolute Gasteiger partial charge is 0.247 e. The summed E-state index contributed by atoms with van der Waals surface area (Å²) in [6.45, 7) is 0.635. The molecule has 2 aromatic carbocycles. The highest BCUT2D eigenvalue weighted by Gasteiger charge is 2.33. The number of aromatic nitrogens is 2. The van der Waals surface area contributed by atoms with Gasteiger partial charge in [-0.15, -0.1) is 0 Å². The number of ether oxygens (including phenoxy) is 2. The van der Waals surface area contributed by atoms with Gasteiger partial charge in [0.25, 0.3) is 0 Å². The van der Waals surface area contributed by atoms with E-state index in [0.29, 0.717) is 18.8 Å². The Balaban J connectivity index is 1.68. The highest BCUT2D eigenvalue weighted by Crippen LogP contribution is 2.36. The van der Waals surface area contributed by atoms with E-state index in [1.54, 1.807) is 37.7 Å². The Kier molecular flexibility index (Phi) is 4.37. The summed E-state index contributed by atoms with van der Waals surface area (Å²) in [6, 6.07) is 10.7. The minimum absolute atomic E-state index is 0.150. The van der Waals surface area contributed by atoms with Crippen LogP contribution in [0.25, 0.3) is 11.1 Å². The van der Waals surface area contributed by atoms with Crippen LogP contribution in [0.5, 0.6) is 11.5 Å². The Bertz CT molecular complexity index is 1080.